The Morgan fingerprint density at radius 2 is 1.86 bits per heavy atom. The van der Waals surface area contributed by atoms with E-state index in [1.165, 1.54) is 12.1 Å². The van der Waals surface area contributed by atoms with Crippen molar-refractivity contribution in [3.05, 3.63) is 34.9 Å². The lowest BCUT2D eigenvalue weighted by molar-refractivity contribution is -0.137. The Labute approximate surface area is 124 Å². The zero-order valence-corrected chi connectivity index (χ0v) is 12.8. The normalized spacial score (nSPS) is 13.7. The molecule has 3 N–H and O–H groups in total. The van der Waals surface area contributed by atoms with Crippen LogP contribution in [0.25, 0.3) is 0 Å². The topological polar surface area (TPSA) is 41.3 Å². The number of hydrogen-bond donors (Lipinski definition) is 2. The Hall–Kier alpha value is -1.11. The van der Waals surface area contributed by atoms with Gasteiger partial charge >= 0.3 is 6.18 Å². The van der Waals surface area contributed by atoms with Gasteiger partial charge in [-0.3, -0.25) is 11.3 Å². The Kier molecular flexibility index (Phi) is 6.64. The molecule has 0 aliphatic carbocycles. The van der Waals surface area contributed by atoms with Gasteiger partial charge in [-0.1, -0.05) is 19.9 Å². The zero-order valence-electron chi connectivity index (χ0n) is 12.8. The van der Waals surface area contributed by atoms with Crippen LogP contribution >= 0.6 is 0 Å². The summed E-state index contributed by atoms with van der Waals surface area (Å²) < 4.78 is 38.0. The molecule has 1 unspecified atom stereocenters. The van der Waals surface area contributed by atoms with E-state index in [1.54, 1.807) is 6.92 Å². The van der Waals surface area contributed by atoms with E-state index in [0.29, 0.717) is 5.56 Å². The van der Waals surface area contributed by atoms with Crippen LogP contribution in [-0.4, -0.2) is 24.5 Å². The molecule has 1 rings (SSSR count). The van der Waals surface area contributed by atoms with Crippen molar-refractivity contribution in [3.63, 3.8) is 0 Å². The van der Waals surface area contributed by atoms with E-state index in [1.807, 2.05) is 0 Å². The van der Waals surface area contributed by atoms with Gasteiger partial charge in [0.1, 0.15) is 0 Å². The number of aryl methyl sites for hydroxylation is 1. The minimum absolute atomic E-state index is 0.145. The predicted octanol–water partition coefficient (Wildman–Crippen LogP) is 3.25. The van der Waals surface area contributed by atoms with Gasteiger partial charge in [-0.2, -0.15) is 13.2 Å². The number of alkyl halides is 3. The standard InChI is InChI=1S/C15H24F3N3/c1-4-21(5-2)9-8-14(20-19)13-7-6-12(10-11(13)3)15(16,17)18/h6-7,10,14,20H,4-5,8-9,19H2,1-3H3. The molecule has 0 heterocycles. The number of nitrogens with one attached hydrogen (secondary N) is 1. The minimum Gasteiger partial charge on any atom is -0.304 e. The fourth-order valence-electron chi connectivity index (χ4n) is 2.42. The Morgan fingerprint density at radius 1 is 1.24 bits per heavy atom. The SMILES string of the molecule is CCN(CC)CCC(NN)c1ccc(C(F)(F)F)cc1C. The summed E-state index contributed by atoms with van der Waals surface area (Å²) in [6, 6.07) is 3.67. The molecule has 0 aliphatic rings. The third-order valence-corrected chi connectivity index (χ3v) is 3.80. The Balaban J connectivity index is 2.86. The fourth-order valence-corrected chi connectivity index (χ4v) is 2.42. The maximum absolute atomic E-state index is 12.7. The molecule has 0 saturated heterocycles. The molecular formula is C15H24F3N3. The van der Waals surface area contributed by atoms with Crippen molar-refractivity contribution < 1.29 is 13.2 Å². The van der Waals surface area contributed by atoms with Crippen LogP contribution in [0.1, 0.15) is 43.0 Å². The highest BCUT2D eigenvalue weighted by atomic mass is 19.4. The van der Waals surface area contributed by atoms with E-state index >= 15 is 0 Å². The van der Waals surface area contributed by atoms with Gasteiger partial charge in [-0.15, -0.1) is 0 Å². The van der Waals surface area contributed by atoms with E-state index in [2.05, 4.69) is 24.2 Å². The second-order valence-corrected chi connectivity index (χ2v) is 5.10. The summed E-state index contributed by atoms with van der Waals surface area (Å²) in [4.78, 5) is 2.25. The van der Waals surface area contributed by atoms with Crippen molar-refractivity contribution in [1.82, 2.24) is 10.3 Å². The molecule has 0 fully saturated rings. The second-order valence-electron chi connectivity index (χ2n) is 5.10. The molecule has 3 nitrogen and oxygen atoms in total. The molecule has 0 amide bonds. The molecule has 1 atom stereocenters. The average molecular weight is 303 g/mol. The van der Waals surface area contributed by atoms with Gasteiger partial charge in [0, 0.05) is 6.04 Å². The van der Waals surface area contributed by atoms with Gasteiger partial charge in [0.2, 0.25) is 0 Å². The van der Waals surface area contributed by atoms with Gasteiger partial charge in [-0.25, -0.2) is 0 Å². The molecule has 0 aromatic heterocycles. The van der Waals surface area contributed by atoms with E-state index < -0.39 is 11.7 Å². The molecule has 120 valence electrons. The summed E-state index contributed by atoms with van der Waals surface area (Å²) in [6.07, 6.45) is -3.56. The molecule has 1 aromatic carbocycles. The van der Waals surface area contributed by atoms with Crippen LogP contribution in [0.4, 0.5) is 13.2 Å². The van der Waals surface area contributed by atoms with E-state index in [-0.39, 0.29) is 6.04 Å². The third kappa shape index (κ3) is 4.98. The maximum atomic E-state index is 12.7. The van der Waals surface area contributed by atoms with Crippen molar-refractivity contribution in [2.24, 2.45) is 5.84 Å². The van der Waals surface area contributed by atoms with Crippen LogP contribution in [0.5, 0.6) is 0 Å². The maximum Gasteiger partial charge on any atom is 0.416 e. The first kappa shape index (κ1) is 17.9. The molecule has 1 aromatic rings. The summed E-state index contributed by atoms with van der Waals surface area (Å²) >= 11 is 0. The molecule has 6 heteroatoms. The molecular weight excluding hydrogens is 279 g/mol. The first-order valence-electron chi connectivity index (χ1n) is 7.19. The Morgan fingerprint density at radius 3 is 2.29 bits per heavy atom. The lowest BCUT2D eigenvalue weighted by atomic mass is 9.97. The Bertz CT molecular complexity index is 442. The number of hydrazine groups is 1. The summed E-state index contributed by atoms with van der Waals surface area (Å²) in [7, 11) is 0. The van der Waals surface area contributed by atoms with Gasteiger partial charge in [0.25, 0.3) is 0 Å². The summed E-state index contributed by atoms with van der Waals surface area (Å²) in [5, 5.41) is 0. The number of nitrogens with two attached hydrogens (primary N) is 1. The molecule has 0 bridgehead atoms. The van der Waals surface area contributed by atoms with Crippen LogP contribution < -0.4 is 11.3 Å². The average Bonchev–Trinajstić information content (AvgIpc) is 2.43. The molecule has 0 radical (unpaired) electrons. The molecule has 21 heavy (non-hydrogen) atoms. The molecule has 0 aliphatic heterocycles. The largest absolute Gasteiger partial charge is 0.416 e. The highest BCUT2D eigenvalue weighted by Crippen LogP contribution is 2.32. The monoisotopic (exact) mass is 303 g/mol. The van der Waals surface area contributed by atoms with E-state index in [4.69, 9.17) is 5.84 Å². The predicted molar refractivity (Wildman–Crippen MR) is 78.7 cm³/mol. The summed E-state index contributed by atoms with van der Waals surface area (Å²) in [5.41, 5.74) is 3.51. The second kappa shape index (κ2) is 7.77. The van der Waals surface area contributed by atoms with Crippen LogP contribution in [0, 0.1) is 6.92 Å². The number of hydrogen-bond acceptors (Lipinski definition) is 3. The lowest BCUT2D eigenvalue weighted by Gasteiger charge is -2.24. The van der Waals surface area contributed by atoms with Crippen LogP contribution in [0.2, 0.25) is 0 Å². The van der Waals surface area contributed by atoms with E-state index in [9.17, 15) is 13.2 Å². The fraction of sp³-hybridized carbons (Fsp3) is 0.600. The van der Waals surface area contributed by atoms with Gasteiger partial charge in [0.05, 0.1) is 5.56 Å². The lowest BCUT2D eigenvalue weighted by Crippen LogP contribution is -2.33. The smallest absolute Gasteiger partial charge is 0.304 e. The molecule has 0 saturated carbocycles. The third-order valence-electron chi connectivity index (χ3n) is 3.80. The summed E-state index contributed by atoms with van der Waals surface area (Å²) in [5.74, 6) is 5.58. The highest BCUT2D eigenvalue weighted by Gasteiger charge is 2.31. The van der Waals surface area contributed by atoms with Gasteiger partial charge < -0.3 is 4.90 Å². The van der Waals surface area contributed by atoms with Crippen molar-refractivity contribution in [2.75, 3.05) is 19.6 Å². The highest BCUT2D eigenvalue weighted by molar-refractivity contribution is 5.34. The van der Waals surface area contributed by atoms with Crippen molar-refractivity contribution in [1.29, 1.82) is 0 Å². The number of rotatable bonds is 7. The van der Waals surface area contributed by atoms with Crippen molar-refractivity contribution in [3.8, 4) is 0 Å². The first-order valence-corrected chi connectivity index (χ1v) is 7.19. The van der Waals surface area contributed by atoms with Crippen LogP contribution in [0.3, 0.4) is 0 Å². The summed E-state index contributed by atoms with van der Waals surface area (Å²) in [6.45, 7) is 8.59. The van der Waals surface area contributed by atoms with Crippen LogP contribution in [0.15, 0.2) is 18.2 Å². The van der Waals surface area contributed by atoms with E-state index in [0.717, 1.165) is 37.7 Å². The quantitative estimate of drug-likeness (QED) is 0.600. The number of halogens is 3. The molecule has 0 spiro atoms. The van der Waals surface area contributed by atoms with Gasteiger partial charge in [-0.05, 0) is 56.2 Å². The number of benzene rings is 1. The van der Waals surface area contributed by atoms with Crippen molar-refractivity contribution in [2.45, 2.75) is 39.4 Å². The first-order chi connectivity index (χ1) is 9.83. The van der Waals surface area contributed by atoms with Crippen LogP contribution in [-0.2, 0) is 6.18 Å². The number of nitrogens with zero attached hydrogens (tertiary/aromatic N) is 1. The van der Waals surface area contributed by atoms with Crippen molar-refractivity contribution >= 4 is 0 Å². The zero-order chi connectivity index (χ0) is 16.0. The minimum atomic E-state index is -4.31. The van der Waals surface area contributed by atoms with Gasteiger partial charge in [0.15, 0.2) is 0 Å².